The lowest BCUT2D eigenvalue weighted by Gasteiger charge is -2.21. The number of hydrogen-bond donors (Lipinski definition) is 1. The van der Waals surface area contributed by atoms with Gasteiger partial charge in [-0.25, -0.2) is 9.69 Å². The van der Waals surface area contributed by atoms with Crippen LogP contribution in [0.5, 0.6) is 0 Å². The molecule has 3 amide bonds. The van der Waals surface area contributed by atoms with Crippen molar-refractivity contribution in [1.29, 1.82) is 0 Å². The molecule has 0 aliphatic carbocycles. The zero-order chi connectivity index (χ0) is 27.4. The van der Waals surface area contributed by atoms with Crippen LogP contribution in [0.2, 0.25) is 0 Å². The Morgan fingerprint density at radius 2 is 1.58 bits per heavy atom. The van der Waals surface area contributed by atoms with Gasteiger partial charge in [0.25, 0.3) is 17.7 Å². The summed E-state index contributed by atoms with van der Waals surface area (Å²) in [4.78, 5) is 53.5. The molecule has 0 aromatic heterocycles. The first kappa shape index (κ1) is 26.6. The highest BCUT2D eigenvalue weighted by atomic mass is 35.5. The lowest BCUT2D eigenvalue weighted by molar-refractivity contribution is -0.120. The number of aryl methyl sites for hydroxylation is 1. The minimum atomic E-state index is -0.688. The van der Waals surface area contributed by atoms with Gasteiger partial charge in [-0.05, 0) is 87.0 Å². The number of imide groups is 1. The third kappa shape index (κ3) is 5.31. The van der Waals surface area contributed by atoms with E-state index in [-0.39, 0.29) is 28.9 Å². The van der Waals surface area contributed by atoms with Crippen LogP contribution in [-0.4, -0.2) is 36.8 Å². The largest absolute Gasteiger partial charge is 0.462 e. The second kappa shape index (κ2) is 11.3. The fraction of sp³-hybridized carbons (Fsp3) is 0.172. The van der Waals surface area contributed by atoms with Crippen LogP contribution in [0.3, 0.4) is 0 Å². The van der Waals surface area contributed by atoms with Crippen molar-refractivity contribution < 1.29 is 23.9 Å². The number of carbonyl (C=O) groups excluding carboxylic acids is 4. The highest BCUT2D eigenvalue weighted by Crippen LogP contribution is 2.30. The Bertz CT molecular complexity index is 1430. The molecule has 0 radical (unpaired) electrons. The molecule has 3 aromatic carbocycles. The van der Waals surface area contributed by atoms with Crippen LogP contribution in [0.15, 0.2) is 83.5 Å². The Morgan fingerprint density at radius 1 is 0.921 bits per heavy atom. The molecule has 0 unspecified atom stereocenters. The van der Waals surface area contributed by atoms with Crippen LogP contribution in [0.4, 0.5) is 17.1 Å². The van der Waals surface area contributed by atoms with Gasteiger partial charge in [-0.2, -0.15) is 0 Å². The van der Waals surface area contributed by atoms with Gasteiger partial charge >= 0.3 is 5.97 Å². The maximum absolute atomic E-state index is 13.1. The van der Waals surface area contributed by atoms with Gasteiger partial charge in [0.2, 0.25) is 0 Å². The van der Waals surface area contributed by atoms with E-state index in [0.29, 0.717) is 23.4 Å². The van der Waals surface area contributed by atoms with Crippen LogP contribution >= 0.6 is 11.6 Å². The highest BCUT2D eigenvalue weighted by molar-refractivity contribution is 6.53. The summed E-state index contributed by atoms with van der Waals surface area (Å²) in [6.07, 6.45) is 0. The number of carbonyl (C=O) groups is 4. The van der Waals surface area contributed by atoms with E-state index in [1.165, 1.54) is 24.3 Å². The van der Waals surface area contributed by atoms with Gasteiger partial charge in [0.1, 0.15) is 10.7 Å². The van der Waals surface area contributed by atoms with Gasteiger partial charge in [-0.1, -0.05) is 23.7 Å². The quantitative estimate of drug-likeness (QED) is 0.314. The normalized spacial score (nSPS) is 13.1. The molecule has 0 fully saturated rings. The summed E-state index contributed by atoms with van der Waals surface area (Å²) in [6, 6.07) is 20.2. The predicted molar refractivity (Wildman–Crippen MR) is 146 cm³/mol. The third-order valence-corrected chi connectivity index (χ3v) is 6.29. The Balaban J connectivity index is 1.49. The number of benzene rings is 3. The number of ether oxygens (including phenoxy) is 1. The molecule has 1 heterocycles. The molecule has 0 spiro atoms. The molecule has 8 nitrogen and oxygen atoms in total. The summed E-state index contributed by atoms with van der Waals surface area (Å²) in [7, 11) is 0. The Morgan fingerprint density at radius 3 is 2.18 bits per heavy atom. The first-order valence-electron chi connectivity index (χ1n) is 12.1. The van der Waals surface area contributed by atoms with E-state index in [1.807, 2.05) is 38.1 Å². The maximum atomic E-state index is 13.1. The second-order valence-electron chi connectivity index (χ2n) is 8.49. The Kier molecular flexibility index (Phi) is 7.93. The van der Waals surface area contributed by atoms with Crippen molar-refractivity contribution >= 4 is 52.4 Å². The first-order valence-corrected chi connectivity index (χ1v) is 12.4. The second-order valence-corrected chi connectivity index (χ2v) is 8.87. The molecule has 194 valence electrons. The van der Waals surface area contributed by atoms with Gasteiger partial charge in [0.05, 0.1) is 17.9 Å². The summed E-state index contributed by atoms with van der Waals surface area (Å²) >= 11 is 6.23. The first-order chi connectivity index (χ1) is 18.2. The molecule has 0 bridgehead atoms. The molecule has 1 aliphatic heterocycles. The van der Waals surface area contributed by atoms with E-state index >= 15 is 0 Å². The molecule has 3 aromatic rings. The predicted octanol–water partition coefficient (Wildman–Crippen LogP) is 5.27. The van der Waals surface area contributed by atoms with Gasteiger partial charge in [0.15, 0.2) is 0 Å². The summed E-state index contributed by atoms with van der Waals surface area (Å²) in [5.74, 6) is -1.99. The van der Waals surface area contributed by atoms with Gasteiger partial charge in [0, 0.05) is 23.5 Å². The zero-order valence-corrected chi connectivity index (χ0v) is 21.9. The average Bonchev–Trinajstić information content (AvgIpc) is 3.12. The fourth-order valence-corrected chi connectivity index (χ4v) is 4.26. The van der Waals surface area contributed by atoms with Crippen molar-refractivity contribution in [2.24, 2.45) is 0 Å². The zero-order valence-electron chi connectivity index (χ0n) is 21.2. The van der Waals surface area contributed by atoms with Crippen LogP contribution in [0.1, 0.15) is 40.1 Å². The van der Waals surface area contributed by atoms with Crippen LogP contribution in [0, 0.1) is 6.92 Å². The van der Waals surface area contributed by atoms with Crippen molar-refractivity contribution in [3.63, 3.8) is 0 Å². The molecule has 0 saturated carbocycles. The van der Waals surface area contributed by atoms with Crippen molar-refractivity contribution in [3.05, 3.63) is 100 Å². The number of rotatable bonds is 8. The molecule has 0 saturated heterocycles. The average molecular weight is 532 g/mol. The summed E-state index contributed by atoms with van der Waals surface area (Å²) in [5.41, 5.74) is 3.29. The van der Waals surface area contributed by atoms with Crippen LogP contribution in [-0.2, 0) is 14.3 Å². The molecule has 1 aliphatic rings. The van der Waals surface area contributed by atoms with Crippen molar-refractivity contribution in [1.82, 2.24) is 0 Å². The van der Waals surface area contributed by atoms with Crippen molar-refractivity contribution in [3.8, 4) is 0 Å². The molecular weight excluding hydrogens is 506 g/mol. The van der Waals surface area contributed by atoms with Gasteiger partial charge in [-0.15, -0.1) is 0 Å². The van der Waals surface area contributed by atoms with Crippen molar-refractivity contribution in [2.75, 3.05) is 28.3 Å². The lowest BCUT2D eigenvalue weighted by Crippen LogP contribution is -2.32. The van der Waals surface area contributed by atoms with E-state index in [9.17, 15) is 19.2 Å². The molecule has 38 heavy (non-hydrogen) atoms. The number of halogens is 1. The Labute approximate surface area is 225 Å². The fourth-order valence-electron chi connectivity index (χ4n) is 4.04. The molecule has 4 rings (SSSR count). The summed E-state index contributed by atoms with van der Waals surface area (Å²) in [5, 5.41) is 2.64. The SMILES string of the molecule is CCOC(=O)c1ccc(N2C(=O)C(Cl)=C(Nc3ccc(C(=O)N(CC)c4cccc(C)c4)cc3)C2=O)cc1. The third-order valence-electron chi connectivity index (χ3n) is 5.94. The van der Waals surface area contributed by atoms with E-state index in [2.05, 4.69) is 5.32 Å². The number of nitrogens with zero attached hydrogens (tertiary/aromatic N) is 2. The smallest absolute Gasteiger partial charge is 0.338 e. The van der Waals surface area contributed by atoms with E-state index < -0.39 is 17.8 Å². The van der Waals surface area contributed by atoms with E-state index in [0.717, 1.165) is 16.2 Å². The van der Waals surface area contributed by atoms with E-state index in [4.69, 9.17) is 16.3 Å². The number of esters is 1. The van der Waals surface area contributed by atoms with Gasteiger partial charge in [-0.3, -0.25) is 14.4 Å². The standard InChI is InChI=1S/C29H26ClN3O5/c1-4-32(23-8-6-7-18(3)17-23)26(34)19-9-13-21(14-10-19)31-25-24(30)27(35)33(28(25)36)22-15-11-20(12-16-22)29(37)38-5-2/h6-17,31H,4-5H2,1-3H3. The summed E-state index contributed by atoms with van der Waals surface area (Å²) < 4.78 is 4.96. The number of nitrogens with one attached hydrogen (secondary N) is 1. The molecule has 0 atom stereocenters. The molecule has 1 N–H and O–H groups in total. The lowest BCUT2D eigenvalue weighted by atomic mass is 10.1. The maximum Gasteiger partial charge on any atom is 0.338 e. The minimum absolute atomic E-state index is 0.0832. The highest BCUT2D eigenvalue weighted by Gasteiger charge is 2.39. The number of hydrogen-bond acceptors (Lipinski definition) is 6. The van der Waals surface area contributed by atoms with Gasteiger partial charge < -0.3 is 15.0 Å². The molecule has 9 heteroatoms. The minimum Gasteiger partial charge on any atom is -0.462 e. The number of amides is 3. The van der Waals surface area contributed by atoms with E-state index in [1.54, 1.807) is 36.1 Å². The topological polar surface area (TPSA) is 96.0 Å². The van der Waals surface area contributed by atoms with Crippen LogP contribution < -0.4 is 15.1 Å². The number of anilines is 3. The monoisotopic (exact) mass is 531 g/mol. The molecular formula is C29H26ClN3O5. The summed E-state index contributed by atoms with van der Waals surface area (Å²) in [6.45, 7) is 6.31. The Hall–Kier alpha value is -4.43. The van der Waals surface area contributed by atoms with Crippen LogP contribution in [0.25, 0.3) is 0 Å². The van der Waals surface area contributed by atoms with Crippen molar-refractivity contribution in [2.45, 2.75) is 20.8 Å².